The fourth-order valence-corrected chi connectivity index (χ4v) is 20.2. The van der Waals surface area contributed by atoms with E-state index in [9.17, 15) is 14.4 Å². The maximum absolute atomic E-state index is 12.9. The lowest BCUT2D eigenvalue weighted by atomic mass is 9.63. The van der Waals surface area contributed by atoms with Crippen molar-refractivity contribution in [2.45, 2.75) is 215 Å². The summed E-state index contributed by atoms with van der Waals surface area (Å²) in [6.45, 7) is 23.4. The highest BCUT2D eigenvalue weighted by atomic mass is 16.6. The van der Waals surface area contributed by atoms with Crippen LogP contribution in [-0.2, 0) is 28.6 Å². The predicted molar refractivity (Wildman–Crippen MR) is 252 cm³/mol. The van der Waals surface area contributed by atoms with Gasteiger partial charge in [-0.05, 0) is 237 Å². The highest BCUT2D eigenvalue weighted by molar-refractivity contribution is 5.76. The molecule has 0 amide bonds. The predicted octanol–water partition coefficient (Wildman–Crippen LogP) is 13.5. The number of carbonyl (C=O) groups is 3. The van der Waals surface area contributed by atoms with Gasteiger partial charge in [0.25, 0.3) is 0 Å². The van der Waals surface area contributed by atoms with Crippen molar-refractivity contribution in [2.24, 2.45) is 130 Å². The average Bonchev–Trinajstić information content (AvgIpc) is 4.11. The molecule has 0 aromatic rings. The molecule has 23 unspecified atom stereocenters. The van der Waals surface area contributed by atoms with Crippen LogP contribution in [0.3, 0.4) is 0 Å². The van der Waals surface area contributed by atoms with Crippen LogP contribution in [0.2, 0.25) is 0 Å². The topological polar surface area (TPSA) is 78.9 Å². The lowest BCUT2D eigenvalue weighted by Gasteiger charge is -2.49. The number of rotatable bonds is 11. The molecule has 6 nitrogen and oxygen atoms in total. The summed E-state index contributed by atoms with van der Waals surface area (Å²) in [4.78, 5) is 37.5. The van der Waals surface area contributed by atoms with E-state index in [-0.39, 0.29) is 52.0 Å². The molecule has 0 spiro atoms. The third kappa shape index (κ3) is 6.93. The molecule has 0 radical (unpaired) electrons. The molecule has 12 saturated carbocycles. The number of hydrogen-bond donors (Lipinski definition) is 0. The molecule has 12 rings (SSSR count). The molecule has 6 heteroatoms. The first-order chi connectivity index (χ1) is 30.4. The smallest absolute Gasteiger partial charge is 0.312 e. The standard InChI is InChI=1S/C21H34O2.C19H30O2.C18H28O2/c1-6-20(4,5)19(22)23-21(12(2)3)11-15-10-16(21)18-14-8-7-13(9-14)17(15)18;1-4-11(3)18(20)21-19(5-2)10-14-9-15(19)17-13-7-6-12(8-13)16(14)17;1-4-10(2)17(19)20-18(3)9-13-8-14(18)16-12-6-5-11(7-12)15(13)16/h12-18H,6-11H2,1-5H3;11-17H,4-10H2,1-3H3;10-16H,4-9H2,1-3H3. The quantitative estimate of drug-likeness (QED) is 0.117. The van der Waals surface area contributed by atoms with Gasteiger partial charge < -0.3 is 14.2 Å². The molecular formula is C58H92O6. The molecule has 12 fully saturated rings. The molecule has 0 aromatic heterocycles. The van der Waals surface area contributed by atoms with E-state index in [1.165, 1.54) is 83.5 Å². The molecule has 12 aliphatic rings. The van der Waals surface area contributed by atoms with Gasteiger partial charge in [-0.3, -0.25) is 14.4 Å². The summed E-state index contributed by atoms with van der Waals surface area (Å²) in [5, 5.41) is 0. The first kappa shape index (κ1) is 46.2. The fourth-order valence-electron chi connectivity index (χ4n) is 20.2. The third-order valence-electron chi connectivity index (χ3n) is 23.7. The van der Waals surface area contributed by atoms with Crippen LogP contribution < -0.4 is 0 Å². The second-order valence-corrected chi connectivity index (χ2v) is 26.8. The van der Waals surface area contributed by atoms with Gasteiger partial charge in [-0.2, -0.15) is 0 Å². The number of carbonyl (C=O) groups excluding carboxylic acids is 3. The second-order valence-electron chi connectivity index (χ2n) is 26.8. The van der Waals surface area contributed by atoms with E-state index < -0.39 is 0 Å². The minimum absolute atomic E-state index is 0.0426. The van der Waals surface area contributed by atoms with Gasteiger partial charge in [0.1, 0.15) is 16.8 Å². The largest absolute Gasteiger partial charge is 0.459 e. The Morgan fingerprint density at radius 3 is 1.42 bits per heavy atom. The highest BCUT2D eigenvalue weighted by Crippen LogP contribution is 2.73. The zero-order chi connectivity index (χ0) is 45.4. The Morgan fingerprint density at radius 2 is 0.938 bits per heavy atom. The van der Waals surface area contributed by atoms with Crippen LogP contribution in [0.25, 0.3) is 0 Å². The van der Waals surface area contributed by atoms with Crippen LogP contribution in [-0.4, -0.2) is 34.7 Å². The Hall–Kier alpha value is -1.59. The first-order valence-electron chi connectivity index (χ1n) is 28.1. The molecule has 0 heterocycles. The molecule has 23 atom stereocenters. The Kier molecular flexibility index (Phi) is 11.9. The summed E-state index contributed by atoms with van der Waals surface area (Å²) in [5.41, 5.74) is -0.759. The Morgan fingerprint density at radius 1 is 0.516 bits per heavy atom. The van der Waals surface area contributed by atoms with E-state index >= 15 is 0 Å². The van der Waals surface area contributed by atoms with Gasteiger partial charge in [0.15, 0.2) is 0 Å². The number of ether oxygens (including phenoxy) is 3. The molecule has 0 aliphatic heterocycles. The summed E-state index contributed by atoms with van der Waals surface area (Å²) in [6.07, 6.45) is 24.4. The molecular weight excluding hydrogens is 793 g/mol. The summed E-state index contributed by atoms with van der Waals surface area (Å²) >= 11 is 0. The van der Waals surface area contributed by atoms with Crippen molar-refractivity contribution in [2.75, 3.05) is 0 Å². The minimum Gasteiger partial charge on any atom is -0.459 e. The average molecular weight is 885 g/mol. The van der Waals surface area contributed by atoms with Crippen molar-refractivity contribution >= 4 is 17.9 Å². The maximum atomic E-state index is 12.9. The molecule has 12 bridgehead atoms. The van der Waals surface area contributed by atoms with Gasteiger partial charge in [0.05, 0.1) is 17.3 Å². The van der Waals surface area contributed by atoms with E-state index in [0.29, 0.717) is 23.7 Å². The third-order valence-corrected chi connectivity index (χ3v) is 23.7. The number of hydrogen-bond acceptors (Lipinski definition) is 6. The van der Waals surface area contributed by atoms with Crippen LogP contribution in [0, 0.1) is 130 Å². The Bertz CT molecular complexity index is 1790. The lowest BCUT2D eigenvalue weighted by molar-refractivity contribution is -0.190. The molecule has 0 N–H and O–H groups in total. The van der Waals surface area contributed by atoms with Crippen LogP contribution >= 0.6 is 0 Å². The van der Waals surface area contributed by atoms with Crippen molar-refractivity contribution in [3.05, 3.63) is 0 Å². The van der Waals surface area contributed by atoms with E-state index in [2.05, 4.69) is 48.5 Å². The zero-order valence-corrected chi connectivity index (χ0v) is 42.5. The van der Waals surface area contributed by atoms with Crippen LogP contribution in [0.4, 0.5) is 0 Å². The number of fused-ring (bicyclic) bond motifs is 27. The molecule has 360 valence electrons. The van der Waals surface area contributed by atoms with E-state index in [4.69, 9.17) is 14.2 Å². The molecule has 12 aliphatic carbocycles. The monoisotopic (exact) mass is 885 g/mol. The molecule has 64 heavy (non-hydrogen) atoms. The van der Waals surface area contributed by atoms with Crippen molar-refractivity contribution in [3.63, 3.8) is 0 Å². The lowest BCUT2D eigenvalue weighted by Crippen LogP contribution is -2.52. The first-order valence-corrected chi connectivity index (χ1v) is 28.1. The van der Waals surface area contributed by atoms with Gasteiger partial charge >= 0.3 is 17.9 Å². The van der Waals surface area contributed by atoms with Gasteiger partial charge in [-0.25, -0.2) is 0 Å². The van der Waals surface area contributed by atoms with Crippen LogP contribution in [0.15, 0.2) is 0 Å². The van der Waals surface area contributed by atoms with E-state index in [1.54, 1.807) is 0 Å². The van der Waals surface area contributed by atoms with E-state index in [0.717, 1.165) is 127 Å². The van der Waals surface area contributed by atoms with Crippen molar-refractivity contribution < 1.29 is 28.6 Å². The van der Waals surface area contributed by atoms with Gasteiger partial charge in [0.2, 0.25) is 0 Å². The SMILES string of the molecule is CCC(C)(C)C(=O)OC1(C(C)C)CC2CC1C1C3CCC(C3)C21.CCC(C)C(=O)OC1(C)CC2CC1C1C3CCC(C3)C21.CCC(C)C(=O)OC1(CC)CC2CC1C1C3CCC(C3)C21. The highest BCUT2D eigenvalue weighted by Gasteiger charge is 2.71. The molecule has 0 saturated heterocycles. The van der Waals surface area contributed by atoms with Gasteiger partial charge in [-0.15, -0.1) is 0 Å². The Balaban J connectivity index is 0.000000114. The normalized spacial score (nSPS) is 50.4. The summed E-state index contributed by atoms with van der Waals surface area (Å²) in [5.74, 6) is 16.8. The summed E-state index contributed by atoms with van der Waals surface area (Å²) in [7, 11) is 0. The Labute approximate surface area is 389 Å². The van der Waals surface area contributed by atoms with Crippen LogP contribution in [0.1, 0.15) is 198 Å². The second kappa shape index (κ2) is 16.5. The van der Waals surface area contributed by atoms with Crippen molar-refractivity contribution in [1.82, 2.24) is 0 Å². The maximum Gasteiger partial charge on any atom is 0.312 e. The fraction of sp³-hybridized carbons (Fsp3) is 0.948. The van der Waals surface area contributed by atoms with Crippen LogP contribution in [0.5, 0.6) is 0 Å². The number of esters is 3. The molecule has 0 aromatic carbocycles. The van der Waals surface area contributed by atoms with Gasteiger partial charge in [0, 0.05) is 17.8 Å². The van der Waals surface area contributed by atoms with Crippen molar-refractivity contribution in [1.29, 1.82) is 0 Å². The summed E-state index contributed by atoms with van der Waals surface area (Å²) in [6, 6.07) is 0. The van der Waals surface area contributed by atoms with E-state index in [1.807, 2.05) is 27.7 Å². The zero-order valence-electron chi connectivity index (χ0n) is 42.5. The van der Waals surface area contributed by atoms with Crippen molar-refractivity contribution in [3.8, 4) is 0 Å². The van der Waals surface area contributed by atoms with Gasteiger partial charge in [-0.1, -0.05) is 55.4 Å². The minimum atomic E-state index is -0.349. The summed E-state index contributed by atoms with van der Waals surface area (Å²) < 4.78 is 18.7.